The lowest BCUT2D eigenvalue weighted by atomic mass is 9.96. The van der Waals surface area contributed by atoms with Gasteiger partial charge in [0.15, 0.2) is 5.96 Å². The summed E-state index contributed by atoms with van der Waals surface area (Å²) in [6.07, 6.45) is -1.85. The third kappa shape index (κ3) is 38.3. The summed E-state index contributed by atoms with van der Waals surface area (Å²) < 4.78 is 0. The lowest BCUT2D eigenvalue weighted by molar-refractivity contribution is -0.144. The topological polar surface area (TPSA) is 795 Å². The van der Waals surface area contributed by atoms with E-state index >= 15 is 0 Å². The Hall–Kier alpha value is -12.0. The lowest BCUT2D eigenvalue weighted by Gasteiger charge is -2.33. The Morgan fingerprint density at radius 3 is 1.26 bits per heavy atom. The summed E-state index contributed by atoms with van der Waals surface area (Å²) in [5.41, 5.74) is 32.6. The van der Waals surface area contributed by atoms with Gasteiger partial charge < -0.3 is 144 Å². The number of carbonyl (C=O) groups is 21. The summed E-state index contributed by atoms with van der Waals surface area (Å²) in [7, 11) is 0. The van der Waals surface area contributed by atoms with E-state index in [1.165, 1.54) is 20.8 Å². The molecule has 0 radical (unpaired) electrons. The predicted molar refractivity (Wildman–Crippen MR) is 443 cm³/mol. The molecule has 0 unspecified atom stereocenters. The first-order valence-corrected chi connectivity index (χ1v) is 41.3. The monoisotopic (exact) mass is 1780 g/mol. The Morgan fingerprint density at radius 1 is 0.400 bits per heavy atom. The minimum atomic E-state index is -1.83. The van der Waals surface area contributed by atoms with E-state index in [2.05, 4.69) is 79.4 Å². The Balaban J connectivity index is 2.16. The number of guanidine groups is 1. The van der Waals surface area contributed by atoms with Crippen LogP contribution in [0, 0.1) is 29.6 Å². The van der Waals surface area contributed by atoms with E-state index in [1.54, 1.807) is 55.4 Å². The van der Waals surface area contributed by atoms with Crippen LogP contribution in [0.3, 0.4) is 0 Å². The normalized spacial score (nSPS) is 17.0. The summed E-state index contributed by atoms with van der Waals surface area (Å²) in [5.74, 6) is -23.1. The molecule has 2 aliphatic heterocycles. The van der Waals surface area contributed by atoms with Gasteiger partial charge in [0, 0.05) is 32.5 Å². The minimum absolute atomic E-state index is 0.00875. The summed E-state index contributed by atoms with van der Waals surface area (Å²) in [5, 5.41) is 74.9. The standard InChI is InChI=1S/C76H130N24O25/c1-12-39(10)60(74(123)100-25-15-17-50(100)69(118)91-44(20-22-53(79)105)65(114)90-43(19-21-52(78)104)66(115)95-49(34-103)75(124)125)98-68(117)48(33-102)94-72(121)59(38(8)9)97-70(119)51-18-14-24-99(51)73(122)40(11)87-67(116)47(28-54(80)106)89-56(108)30-84-55(107)29-85-62(111)45(26-35(2)3)88-57(109)31-86-63(112)46(27-36(4)5)93-64(113)42(16-13-23-83-76(81)82)92-71(120)58(37(6)7)96-61(110)41(77)32-101/h35-51,58-60,101-103H,12-34,77H2,1-11H3,(H2,78,104)(H2,79,105)(H2,80,106)(H,84,107)(H,85,111)(H,86,112)(H,87,116)(H,88,109)(H,89,108)(H,90,114)(H,91,118)(H,92,120)(H,93,113)(H,94,121)(H,95,115)(H,96,110)(H,97,119)(H,98,117)(H,124,125)(H4,81,82,83)/t39-,40-,41-,42-,43-,44-,45-,46-,47-,48-,49-,50-,51-,58-,59-,60-/m0/s1. The van der Waals surface area contributed by atoms with Gasteiger partial charge in [0.05, 0.1) is 45.9 Å². The number of carbonyl (C=O) groups excluding carboxylic acids is 20. The van der Waals surface area contributed by atoms with Gasteiger partial charge in [-0.05, 0) is 101 Å². The van der Waals surface area contributed by atoms with E-state index in [9.17, 15) is 121 Å². The van der Waals surface area contributed by atoms with E-state index < -0.39 is 304 Å². The van der Waals surface area contributed by atoms with Crippen molar-refractivity contribution < 1.29 is 121 Å². The molecule has 2 saturated heterocycles. The first kappa shape index (κ1) is 109. The quantitative estimate of drug-likeness (QED) is 0.0153. The Morgan fingerprint density at radius 2 is 0.800 bits per heavy atom. The van der Waals surface area contributed by atoms with Gasteiger partial charge in [0.25, 0.3) is 0 Å². The number of nitrogens with two attached hydrogens (primary N) is 6. The molecule has 0 spiro atoms. The van der Waals surface area contributed by atoms with Crippen LogP contribution in [0.4, 0.5) is 0 Å². The van der Waals surface area contributed by atoms with Crippen LogP contribution in [-0.4, -0.2) is 310 Å². The number of aliphatic imine (C=N–C) groups is 1. The number of carboxylic acid groups (broad SMARTS) is 1. The first-order valence-electron chi connectivity index (χ1n) is 41.3. The average molecular weight is 1780 g/mol. The van der Waals surface area contributed by atoms with Crippen LogP contribution in [0.5, 0.6) is 0 Å². The first-order chi connectivity index (χ1) is 58.5. The van der Waals surface area contributed by atoms with Crippen molar-refractivity contribution in [3.63, 3.8) is 0 Å². The molecule has 704 valence electrons. The number of rotatable bonds is 56. The fourth-order valence-electron chi connectivity index (χ4n) is 13.0. The van der Waals surface area contributed by atoms with Gasteiger partial charge in [-0.1, -0.05) is 75.7 Å². The van der Waals surface area contributed by atoms with Crippen LogP contribution in [0.15, 0.2) is 4.99 Å². The SMILES string of the molecule is CC[C@H](C)[C@H](NC(=O)[C@H](CO)NC(=O)[C@@H](NC(=O)[C@@H]1CCCN1C(=O)[C@H](C)NC(=O)[C@H](CC(N)=O)NC(=O)CNC(=O)CNC(=O)[C@H](CC(C)C)NC(=O)CNC(=O)[C@H](CC(C)C)NC(=O)[C@H](CCCN=C(N)N)NC(=O)[C@@H](NC(=O)[C@@H](N)CO)C(C)C)C(C)C)C(=O)N1CCC[C@H]1C(=O)N[C@@H](CCC(N)=O)C(=O)N[C@@H](CCC(N)=O)C(=O)N[C@@H](CO)C(=O)O. The second-order valence-corrected chi connectivity index (χ2v) is 32.1. The number of carboxylic acids is 1. The number of likely N-dealkylation sites (tertiary alicyclic amines) is 2. The number of nitrogens with zero attached hydrogens (tertiary/aromatic N) is 3. The molecular formula is C76H130N24O25. The number of hydrogen-bond acceptors (Lipinski definition) is 26. The van der Waals surface area contributed by atoms with Crippen LogP contribution < -0.4 is 114 Å². The molecule has 0 aliphatic carbocycles. The largest absolute Gasteiger partial charge is 0.480 e. The van der Waals surface area contributed by atoms with Crippen LogP contribution in [0.2, 0.25) is 0 Å². The van der Waals surface area contributed by atoms with Crippen molar-refractivity contribution in [3.05, 3.63) is 0 Å². The van der Waals surface area contributed by atoms with E-state index in [1.807, 2.05) is 5.32 Å². The number of aliphatic carboxylic acids is 1. The molecule has 125 heavy (non-hydrogen) atoms. The van der Waals surface area contributed by atoms with Crippen molar-refractivity contribution in [1.29, 1.82) is 0 Å². The van der Waals surface area contributed by atoms with Crippen molar-refractivity contribution in [2.45, 2.75) is 257 Å². The van der Waals surface area contributed by atoms with Crippen molar-refractivity contribution in [2.24, 2.45) is 69.0 Å². The number of aliphatic hydroxyl groups is 3. The molecule has 2 rings (SSSR count). The molecule has 2 aliphatic rings. The average Bonchev–Trinajstić information content (AvgIpc) is 1.72. The highest BCUT2D eigenvalue weighted by Gasteiger charge is 2.44. The van der Waals surface area contributed by atoms with Crippen molar-refractivity contribution in [3.8, 4) is 0 Å². The van der Waals surface area contributed by atoms with Gasteiger partial charge in [0.2, 0.25) is 118 Å². The van der Waals surface area contributed by atoms with E-state index in [0.717, 1.165) is 9.80 Å². The zero-order valence-electron chi connectivity index (χ0n) is 72.5. The molecule has 2 fully saturated rings. The molecule has 0 aromatic heterocycles. The maximum atomic E-state index is 14.6. The highest BCUT2D eigenvalue weighted by Crippen LogP contribution is 2.24. The number of hydrogen-bond donors (Lipinski definition) is 25. The van der Waals surface area contributed by atoms with Gasteiger partial charge in [-0.15, -0.1) is 0 Å². The van der Waals surface area contributed by atoms with Gasteiger partial charge in [-0.25, -0.2) is 4.79 Å². The van der Waals surface area contributed by atoms with Gasteiger partial charge in [0.1, 0.15) is 90.6 Å². The molecule has 0 bridgehead atoms. The van der Waals surface area contributed by atoms with Crippen LogP contribution in [0.25, 0.3) is 0 Å². The molecular weight excluding hydrogens is 1650 g/mol. The Labute approximate surface area is 722 Å². The molecule has 49 nitrogen and oxygen atoms in total. The molecule has 31 N–H and O–H groups in total. The van der Waals surface area contributed by atoms with E-state index in [4.69, 9.17) is 34.4 Å². The number of aliphatic hydroxyl groups excluding tert-OH is 3. The second-order valence-electron chi connectivity index (χ2n) is 32.1. The fourth-order valence-corrected chi connectivity index (χ4v) is 13.0. The van der Waals surface area contributed by atoms with E-state index in [-0.39, 0.29) is 95.2 Å². The lowest BCUT2D eigenvalue weighted by Crippen LogP contribution is -2.62. The maximum Gasteiger partial charge on any atom is 0.328 e. The van der Waals surface area contributed by atoms with Crippen LogP contribution in [-0.2, 0) is 101 Å². The van der Waals surface area contributed by atoms with Crippen LogP contribution in [0.1, 0.15) is 166 Å². The molecule has 16 atom stereocenters. The molecule has 0 saturated carbocycles. The van der Waals surface area contributed by atoms with E-state index in [0.29, 0.717) is 0 Å². The fraction of sp³-hybridized carbons (Fsp3) is 0.711. The molecule has 49 heteroatoms. The minimum Gasteiger partial charge on any atom is -0.480 e. The Kier molecular flexibility index (Phi) is 47.6. The van der Waals surface area contributed by atoms with Crippen LogP contribution >= 0.6 is 0 Å². The molecule has 0 aromatic rings. The third-order valence-corrected chi connectivity index (χ3v) is 20.1. The molecule has 2 heterocycles. The number of nitrogens with one attached hydrogen (secondary N) is 15. The smallest absolute Gasteiger partial charge is 0.328 e. The van der Waals surface area contributed by atoms with Crippen molar-refractivity contribution >= 4 is 130 Å². The summed E-state index contributed by atoms with van der Waals surface area (Å²) in [6.45, 7) is 12.5. The van der Waals surface area contributed by atoms with Gasteiger partial charge in [-0.2, -0.15) is 0 Å². The zero-order chi connectivity index (χ0) is 95.0. The summed E-state index contributed by atoms with van der Waals surface area (Å²) in [6, 6.07) is -22.1. The predicted octanol–water partition coefficient (Wildman–Crippen LogP) is -11.5. The van der Waals surface area contributed by atoms with Gasteiger partial charge in [-0.3, -0.25) is 101 Å². The molecule has 0 aromatic carbocycles. The Bertz CT molecular complexity index is 3830. The summed E-state index contributed by atoms with van der Waals surface area (Å²) >= 11 is 0. The third-order valence-electron chi connectivity index (χ3n) is 20.1. The number of amides is 20. The van der Waals surface area contributed by atoms with Crippen molar-refractivity contribution in [2.75, 3.05) is 59.1 Å². The summed E-state index contributed by atoms with van der Waals surface area (Å²) in [4.78, 5) is 286. The van der Waals surface area contributed by atoms with Gasteiger partial charge >= 0.3 is 5.97 Å². The maximum absolute atomic E-state index is 14.6. The highest BCUT2D eigenvalue weighted by atomic mass is 16.4. The molecule has 20 amide bonds. The number of primary amides is 3. The highest BCUT2D eigenvalue weighted by molar-refractivity contribution is 6.02. The second kappa shape index (κ2) is 54.6. The zero-order valence-corrected chi connectivity index (χ0v) is 72.5. The van der Waals surface area contributed by atoms with Crippen molar-refractivity contribution in [1.82, 2.24) is 89.6 Å².